The summed E-state index contributed by atoms with van der Waals surface area (Å²) in [6, 6.07) is 3.23. The van der Waals surface area contributed by atoms with Crippen LogP contribution in [0.2, 0.25) is 0 Å². The number of hydrogen-bond donors (Lipinski definition) is 2. The van der Waals surface area contributed by atoms with Gasteiger partial charge in [-0.25, -0.2) is 9.59 Å². The van der Waals surface area contributed by atoms with Gasteiger partial charge in [-0.2, -0.15) is 0 Å². The van der Waals surface area contributed by atoms with Crippen LogP contribution >= 0.6 is 0 Å². The minimum absolute atomic E-state index is 0.0193. The van der Waals surface area contributed by atoms with E-state index in [1.165, 1.54) is 0 Å². The van der Waals surface area contributed by atoms with Crippen molar-refractivity contribution in [3.05, 3.63) is 29.3 Å². The highest BCUT2D eigenvalue weighted by atomic mass is 16.4. The molecule has 2 N–H and O–H groups in total. The predicted molar refractivity (Wildman–Crippen MR) is 71.3 cm³/mol. The van der Waals surface area contributed by atoms with E-state index in [1.54, 1.807) is 6.92 Å². The second kappa shape index (κ2) is 5.35. The van der Waals surface area contributed by atoms with E-state index in [-0.39, 0.29) is 35.6 Å². The average Bonchev–Trinajstić information content (AvgIpc) is 2.36. The summed E-state index contributed by atoms with van der Waals surface area (Å²) in [5.74, 6) is -3.66. The summed E-state index contributed by atoms with van der Waals surface area (Å²) in [7, 11) is 0. The zero-order valence-corrected chi connectivity index (χ0v) is 11.2. The van der Waals surface area contributed by atoms with Crippen LogP contribution in [0.15, 0.2) is 18.2 Å². The maximum absolute atomic E-state index is 12.0. The van der Waals surface area contributed by atoms with E-state index < -0.39 is 23.8 Å². The summed E-state index contributed by atoms with van der Waals surface area (Å²) in [4.78, 5) is 46.9. The Kier molecular flexibility index (Phi) is 3.75. The first-order chi connectivity index (χ1) is 9.79. The summed E-state index contributed by atoms with van der Waals surface area (Å²) >= 11 is 0. The number of hydrogen-bond acceptors (Lipinski definition) is 4. The molecule has 110 valence electrons. The van der Waals surface area contributed by atoms with Crippen molar-refractivity contribution in [3.63, 3.8) is 0 Å². The highest BCUT2D eigenvalue weighted by Crippen LogP contribution is 2.27. The van der Waals surface area contributed by atoms with Crippen molar-refractivity contribution in [1.29, 1.82) is 0 Å². The molecule has 2 amide bonds. The molecule has 1 fully saturated rings. The van der Waals surface area contributed by atoms with Gasteiger partial charge in [0.1, 0.15) is 0 Å². The van der Waals surface area contributed by atoms with Crippen LogP contribution in [0.1, 0.15) is 40.5 Å². The van der Waals surface area contributed by atoms with E-state index in [9.17, 15) is 19.2 Å². The largest absolute Gasteiger partial charge is 0.478 e. The Labute approximate surface area is 119 Å². The number of imide groups is 1. The molecule has 0 unspecified atom stereocenters. The van der Waals surface area contributed by atoms with Crippen LogP contribution in [0, 0.1) is 5.92 Å². The fraction of sp³-hybridized carbons (Fsp3) is 0.286. The lowest BCUT2D eigenvalue weighted by molar-refractivity contribution is -0.130. The van der Waals surface area contributed by atoms with Crippen molar-refractivity contribution in [3.8, 4) is 0 Å². The van der Waals surface area contributed by atoms with Gasteiger partial charge in [0.15, 0.2) is 0 Å². The van der Waals surface area contributed by atoms with Crippen molar-refractivity contribution in [2.24, 2.45) is 5.92 Å². The number of rotatable bonds is 3. The molecule has 0 spiro atoms. The summed E-state index contributed by atoms with van der Waals surface area (Å²) in [6.45, 7) is 1.77. The van der Waals surface area contributed by atoms with Crippen molar-refractivity contribution in [2.75, 3.05) is 4.90 Å². The molecule has 1 aromatic rings. The molecule has 1 heterocycles. The van der Waals surface area contributed by atoms with Crippen molar-refractivity contribution in [2.45, 2.75) is 19.8 Å². The number of amides is 2. The van der Waals surface area contributed by atoms with E-state index in [2.05, 4.69) is 0 Å². The van der Waals surface area contributed by atoms with Crippen LogP contribution in [-0.2, 0) is 9.59 Å². The molecule has 1 aliphatic rings. The van der Waals surface area contributed by atoms with Crippen molar-refractivity contribution in [1.82, 2.24) is 0 Å². The van der Waals surface area contributed by atoms with Crippen molar-refractivity contribution < 1.29 is 29.4 Å². The smallest absolute Gasteiger partial charge is 0.335 e. The number of carboxylic acid groups (broad SMARTS) is 2. The average molecular weight is 291 g/mol. The van der Waals surface area contributed by atoms with Gasteiger partial charge in [0, 0.05) is 12.8 Å². The number of nitrogens with zero attached hydrogens (tertiary/aromatic N) is 1. The maximum Gasteiger partial charge on any atom is 0.335 e. The first-order valence-electron chi connectivity index (χ1n) is 6.27. The van der Waals surface area contributed by atoms with Gasteiger partial charge >= 0.3 is 11.9 Å². The number of carbonyl (C=O) groups excluding carboxylic acids is 2. The molecule has 21 heavy (non-hydrogen) atoms. The minimum atomic E-state index is -1.33. The van der Waals surface area contributed by atoms with Crippen LogP contribution in [0.25, 0.3) is 0 Å². The standard InChI is InChI=1S/C14H13NO6/c1-7-2-11(16)15(12(17)3-7)10-5-8(13(18)19)4-9(6-10)14(20)21/h4-7H,2-3H2,1H3,(H,18,19)(H,20,21). The van der Waals surface area contributed by atoms with Crippen LogP contribution in [0.4, 0.5) is 5.69 Å². The number of benzene rings is 1. The van der Waals surface area contributed by atoms with Crippen LogP contribution in [-0.4, -0.2) is 34.0 Å². The molecule has 7 nitrogen and oxygen atoms in total. The SMILES string of the molecule is CC1CC(=O)N(c2cc(C(=O)O)cc(C(=O)O)c2)C(=O)C1. The number of aromatic carboxylic acids is 2. The van der Waals surface area contributed by atoms with Gasteiger partial charge in [-0.15, -0.1) is 0 Å². The highest BCUT2D eigenvalue weighted by molar-refractivity contribution is 6.17. The van der Waals surface area contributed by atoms with Gasteiger partial charge in [0.25, 0.3) is 0 Å². The molecule has 1 aliphatic heterocycles. The van der Waals surface area contributed by atoms with E-state index in [0.717, 1.165) is 23.1 Å². The second-order valence-corrected chi connectivity index (χ2v) is 5.02. The molecule has 0 aromatic heterocycles. The predicted octanol–water partition coefficient (Wildman–Crippen LogP) is 1.37. The summed E-state index contributed by atoms with van der Waals surface area (Å²) < 4.78 is 0. The molecule has 0 atom stereocenters. The number of carboxylic acids is 2. The van der Waals surface area contributed by atoms with E-state index in [1.807, 2.05) is 0 Å². The van der Waals surface area contributed by atoms with Gasteiger partial charge in [0.05, 0.1) is 16.8 Å². The third-order valence-corrected chi connectivity index (χ3v) is 3.21. The molecule has 1 saturated heterocycles. The van der Waals surface area contributed by atoms with Gasteiger partial charge in [0.2, 0.25) is 11.8 Å². The second-order valence-electron chi connectivity index (χ2n) is 5.02. The zero-order valence-electron chi connectivity index (χ0n) is 11.2. The lowest BCUT2D eigenvalue weighted by Crippen LogP contribution is -2.43. The Balaban J connectivity index is 2.52. The molecular formula is C14H13NO6. The maximum atomic E-state index is 12.0. The molecular weight excluding hydrogens is 278 g/mol. The topological polar surface area (TPSA) is 112 Å². The van der Waals surface area contributed by atoms with Crippen molar-refractivity contribution >= 4 is 29.4 Å². The first-order valence-corrected chi connectivity index (χ1v) is 6.27. The van der Waals surface area contributed by atoms with E-state index in [0.29, 0.717) is 0 Å². The third-order valence-electron chi connectivity index (χ3n) is 3.21. The fourth-order valence-electron chi connectivity index (χ4n) is 2.27. The third kappa shape index (κ3) is 2.91. The summed E-state index contributed by atoms with van der Waals surface area (Å²) in [5, 5.41) is 18.0. The Morgan fingerprint density at radius 3 is 1.81 bits per heavy atom. The van der Waals surface area contributed by atoms with E-state index in [4.69, 9.17) is 10.2 Å². The Morgan fingerprint density at radius 2 is 1.43 bits per heavy atom. The lowest BCUT2D eigenvalue weighted by Gasteiger charge is -2.28. The molecule has 0 bridgehead atoms. The highest BCUT2D eigenvalue weighted by Gasteiger charge is 2.32. The Hall–Kier alpha value is -2.70. The normalized spacial score (nSPS) is 16.1. The number of piperidine rings is 1. The van der Waals surface area contributed by atoms with Gasteiger partial charge in [-0.05, 0) is 24.1 Å². The quantitative estimate of drug-likeness (QED) is 0.813. The molecule has 0 saturated carbocycles. The molecule has 0 aliphatic carbocycles. The summed E-state index contributed by atoms with van der Waals surface area (Å²) in [5.41, 5.74) is -0.595. The fourth-order valence-corrected chi connectivity index (χ4v) is 2.27. The lowest BCUT2D eigenvalue weighted by atomic mass is 9.96. The number of anilines is 1. The zero-order chi connectivity index (χ0) is 15.7. The summed E-state index contributed by atoms with van der Waals surface area (Å²) in [6.07, 6.45) is 0.316. The molecule has 7 heteroatoms. The van der Waals surface area contributed by atoms with Gasteiger partial charge < -0.3 is 10.2 Å². The first kappa shape index (κ1) is 14.7. The monoisotopic (exact) mass is 291 g/mol. The Morgan fingerprint density at radius 1 is 1.00 bits per heavy atom. The number of carbonyl (C=O) groups is 4. The van der Waals surface area contributed by atoms with E-state index >= 15 is 0 Å². The van der Waals surface area contributed by atoms with Gasteiger partial charge in [-0.3, -0.25) is 14.5 Å². The molecule has 1 aromatic carbocycles. The molecule has 2 rings (SSSR count). The molecule has 0 radical (unpaired) electrons. The van der Waals surface area contributed by atoms with Crippen LogP contribution < -0.4 is 4.90 Å². The van der Waals surface area contributed by atoms with Crippen LogP contribution in [0.5, 0.6) is 0 Å². The van der Waals surface area contributed by atoms with Gasteiger partial charge in [-0.1, -0.05) is 6.92 Å². The van der Waals surface area contributed by atoms with Crippen LogP contribution in [0.3, 0.4) is 0 Å². The Bertz CT molecular complexity index is 601. The minimum Gasteiger partial charge on any atom is -0.478 e.